The van der Waals surface area contributed by atoms with Gasteiger partial charge in [-0.05, 0) is 43.4 Å². The molecule has 3 rings (SSSR count). The number of likely N-dealkylation sites (tertiary alicyclic amines) is 1. The van der Waals surface area contributed by atoms with Crippen LogP contribution in [0.2, 0.25) is 0 Å². The molecule has 0 unspecified atom stereocenters. The molecule has 2 aliphatic rings. The summed E-state index contributed by atoms with van der Waals surface area (Å²) in [7, 11) is 0. The minimum atomic E-state index is -1.04. The fraction of sp³-hybridized carbons (Fsp3) is 0.333. The maximum Gasteiger partial charge on any atom is 0.305 e. The van der Waals surface area contributed by atoms with E-state index in [1.54, 1.807) is 12.2 Å². The molecule has 2 heterocycles. The first-order valence-corrected chi connectivity index (χ1v) is 9.71. The van der Waals surface area contributed by atoms with Gasteiger partial charge in [-0.3, -0.25) is 14.4 Å². The second kappa shape index (κ2) is 9.73. The minimum absolute atomic E-state index is 0.0274. The largest absolute Gasteiger partial charge is 0.505 e. The van der Waals surface area contributed by atoms with Gasteiger partial charge in [-0.15, -0.1) is 4.91 Å². The van der Waals surface area contributed by atoms with Gasteiger partial charge in [-0.1, -0.05) is 18.2 Å². The smallest absolute Gasteiger partial charge is 0.305 e. The molecule has 0 spiro atoms. The molecule has 9 nitrogen and oxygen atoms in total. The van der Waals surface area contributed by atoms with Crippen molar-refractivity contribution in [3.8, 4) is 5.75 Å². The number of amides is 3. The third-order valence-corrected chi connectivity index (χ3v) is 4.89. The van der Waals surface area contributed by atoms with E-state index in [9.17, 15) is 24.4 Å². The van der Waals surface area contributed by atoms with Crippen molar-refractivity contribution >= 4 is 23.3 Å². The van der Waals surface area contributed by atoms with E-state index in [2.05, 4.69) is 15.5 Å². The van der Waals surface area contributed by atoms with Gasteiger partial charge in [0.2, 0.25) is 0 Å². The van der Waals surface area contributed by atoms with Crippen LogP contribution in [0.1, 0.15) is 41.7 Å². The zero-order chi connectivity index (χ0) is 21.5. The van der Waals surface area contributed by atoms with Crippen LogP contribution in [0.15, 0.2) is 47.3 Å². The van der Waals surface area contributed by atoms with Gasteiger partial charge < -0.3 is 15.3 Å². The number of piperidine rings is 1. The second-order valence-corrected chi connectivity index (χ2v) is 7.01. The highest BCUT2D eigenvalue weighted by Gasteiger charge is 2.21. The Labute approximate surface area is 173 Å². The lowest BCUT2D eigenvalue weighted by molar-refractivity contribution is -0.127. The van der Waals surface area contributed by atoms with Crippen LogP contribution in [0.4, 0.5) is 0 Å². The number of nitrogens with one attached hydrogen (secondary N) is 1. The number of nitrogens with zero attached hydrogens (tertiary/aromatic N) is 3. The molecule has 1 aromatic heterocycles. The van der Waals surface area contributed by atoms with E-state index in [0.717, 1.165) is 32.4 Å². The van der Waals surface area contributed by atoms with Crippen LogP contribution in [0.5, 0.6) is 5.75 Å². The van der Waals surface area contributed by atoms with Crippen molar-refractivity contribution in [3.63, 3.8) is 0 Å². The zero-order valence-corrected chi connectivity index (χ0v) is 16.3. The molecule has 1 saturated heterocycles. The van der Waals surface area contributed by atoms with Crippen molar-refractivity contribution in [3.05, 3.63) is 58.3 Å². The first-order valence-electron chi connectivity index (χ1n) is 9.71. The molecule has 9 heteroatoms. The standard InChI is InChI=1S/C21H22N4O5/c26-17-11-16(12-22-19(17)20(28)23-13-18(27)24-30)14-6-2-3-7-15(10-14)21(29)25-8-4-1-5-9-25/h3,6-7,10-12,26H,1-2,4-5,8-9,13H2,(H,23,28). The van der Waals surface area contributed by atoms with Crippen molar-refractivity contribution in [2.24, 2.45) is 5.18 Å². The number of hydrogen-bond donors (Lipinski definition) is 2. The summed E-state index contributed by atoms with van der Waals surface area (Å²) in [5.74, 6) is -2.25. The molecule has 2 N–H and O–H groups in total. The predicted molar refractivity (Wildman–Crippen MR) is 109 cm³/mol. The lowest BCUT2D eigenvalue weighted by Crippen LogP contribution is -2.36. The number of rotatable bonds is 5. The van der Waals surface area contributed by atoms with E-state index in [4.69, 9.17) is 0 Å². The normalized spacial score (nSPS) is 16.2. The fourth-order valence-corrected chi connectivity index (χ4v) is 3.34. The predicted octanol–water partition coefficient (Wildman–Crippen LogP) is 2.09. The molecule has 0 bridgehead atoms. The number of pyridine rings is 1. The molecule has 0 aromatic carbocycles. The van der Waals surface area contributed by atoms with Gasteiger partial charge in [-0.25, -0.2) is 4.98 Å². The molecule has 0 atom stereocenters. The SMILES string of the molecule is O=NC(=O)CNC(=O)c1ncc(C2=CCC=CC(C(=O)N3CCCCC3)=C2)cc1O. The third-order valence-electron chi connectivity index (χ3n) is 4.89. The Balaban J connectivity index is 1.78. The summed E-state index contributed by atoms with van der Waals surface area (Å²) < 4.78 is 0. The molecule has 0 saturated carbocycles. The first kappa shape index (κ1) is 21.1. The van der Waals surface area contributed by atoms with Crippen LogP contribution in [0, 0.1) is 4.91 Å². The van der Waals surface area contributed by atoms with E-state index >= 15 is 0 Å². The summed E-state index contributed by atoms with van der Waals surface area (Å²) in [5, 5.41) is 14.6. The number of aromatic hydroxyl groups is 1. The summed E-state index contributed by atoms with van der Waals surface area (Å²) in [5.41, 5.74) is 1.53. The molecule has 156 valence electrons. The maximum absolute atomic E-state index is 12.8. The monoisotopic (exact) mass is 410 g/mol. The van der Waals surface area contributed by atoms with Crippen LogP contribution >= 0.6 is 0 Å². The zero-order valence-electron chi connectivity index (χ0n) is 16.3. The average Bonchev–Trinajstić information content (AvgIpc) is 3.03. The molecule has 1 aliphatic heterocycles. The number of carbonyl (C=O) groups is 3. The van der Waals surface area contributed by atoms with Gasteiger partial charge in [0.05, 0.1) is 0 Å². The van der Waals surface area contributed by atoms with E-state index in [1.165, 1.54) is 12.3 Å². The summed E-state index contributed by atoms with van der Waals surface area (Å²) in [4.78, 5) is 51.7. The molecular weight excluding hydrogens is 388 g/mol. The first-order chi connectivity index (χ1) is 14.5. The summed E-state index contributed by atoms with van der Waals surface area (Å²) in [6, 6.07) is 1.37. The van der Waals surface area contributed by atoms with Crippen LogP contribution in [-0.2, 0) is 9.59 Å². The highest BCUT2D eigenvalue weighted by atomic mass is 16.3. The number of nitroso groups, excluding NO2 is 1. The lowest BCUT2D eigenvalue weighted by Gasteiger charge is -2.27. The Hall–Kier alpha value is -3.62. The average molecular weight is 410 g/mol. The maximum atomic E-state index is 12.8. The molecule has 0 radical (unpaired) electrons. The van der Waals surface area contributed by atoms with Gasteiger partial charge in [0.1, 0.15) is 12.3 Å². The Bertz CT molecular complexity index is 958. The topological polar surface area (TPSA) is 129 Å². The Morgan fingerprint density at radius 3 is 2.67 bits per heavy atom. The highest BCUT2D eigenvalue weighted by molar-refractivity contribution is 6.00. The number of allylic oxidation sites excluding steroid dienone is 4. The highest BCUT2D eigenvalue weighted by Crippen LogP contribution is 2.26. The number of aromatic nitrogens is 1. The van der Waals surface area contributed by atoms with Crippen molar-refractivity contribution in [2.45, 2.75) is 25.7 Å². The Morgan fingerprint density at radius 1 is 1.20 bits per heavy atom. The number of carbonyl (C=O) groups excluding carboxylic acids is 3. The second-order valence-electron chi connectivity index (χ2n) is 7.01. The summed E-state index contributed by atoms with van der Waals surface area (Å²) in [6.45, 7) is 0.918. The summed E-state index contributed by atoms with van der Waals surface area (Å²) in [6.07, 6.45) is 12.5. The minimum Gasteiger partial charge on any atom is -0.505 e. The van der Waals surface area contributed by atoms with Crippen LogP contribution < -0.4 is 5.32 Å². The summed E-state index contributed by atoms with van der Waals surface area (Å²) >= 11 is 0. The molecule has 1 aliphatic carbocycles. The molecular formula is C21H22N4O5. The van der Waals surface area contributed by atoms with E-state index < -0.39 is 18.4 Å². The van der Waals surface area contributed by atoms with Gasteiger partial charge >= 0.3 is 5.91 Å². The van der Waals surface area contributed by atoms with Gasteiger partial charge in [0.15, 0.2) is 5.69 Å². The van der Waals surface area contributed by atoms with Crippen LogP contribution in [-0.4, -0.2) is 52.3 Å². The van der Waals surface area contributed by atoms with Gasteiger partial charge in [0.25, 0.3) is 11.8 Å². The fourth-order valence-electron chi connectivity index (χ4n) is 3.34. The van der Waals surface area contributed by atoms with Gasteiger partial charge in [0, 0.05) is 35.6 Å². The van der Waals surface area contributed by atoms with Crippen molar-refractivity contribution in [1.29, 1.82) is 0 Å². The van der Waals surface area contributed by atoms with E-state index in [0.29, 0.717) is 23.1 Å². The Kier molecular flexibility index (Phi) is 6.84. The Morgan fingerprint density at radius 2 is 1.97 bits per heavy atom. The number of hydrogen-bond acceptors (Lipinski definition) is 6. The van der Waals surface area contributed by atoms with E-state index in [-0.39, 0.29) is 17.4 Å². The van der Waals surface area contributed by atoms with Crippen molar-refractivity contribution in [1.82, 2.24) is 15.2 Å². The molecule has 1 aromatic rings. The molecule has 3 amide bonds. The van der Waals surface area contributed by atoms with Gasteiger partial charge in [-0.2, -0.15) is 0 Å². The van der Waals surface area contributed by atoms with Crippen molar-refractivity contribution < 1.29 is 19.5 Å². The van der Waals surface area contributed by atoms with Crippen LogP contribution in [0.3, 0.4) is 0 Å². The molecule has 30 heavy (non-hydrogen) atoms. The van der Waals surface area contributed by atoms with Crippen LogP contribution in [0.25, 0.3) is 5.57 Å². The van der Waals surface area contributed by atoms with Crippen molar-refractivity contribution in [2.75, 3.05) is 19.6 Å². The lowest BCUT2D eigenvalue weighted by atomic mass is 10.0. The third kappa shape index (κ3) is 5.05. The quantitative estimate of drug-likeness (QED) is 0.715. The molecule has 1 fully saturated rings. The van der Waals surface area contributed by atoms with E-state index in [1.807, 2.05) is 17.1 Å².